The van der Waals surface area contributed by atoms with Crippen molar-refractivity contribution in [1.29, 1.82) is 0 Å². The van der Waals surface area contributed by atoms with Crippen molar-refractivity contribution in [1.82, 2.24) is 0 Å². The third-order valence-electron chi connectivity index (χ3n) is 8.16. The second kappa shape index (κ2) is 11.7. The van der Waals surface area contributed by atoms with E-state index < -0.39 is 16.2 Å². The number of aromatic hydroxyl groups is 3. The Morgan fingerprint density at radius 2 is 0.578 bits per heavy atom. The van der Waals surface area contributed by atoms with Gasteiger partial charge in [0.15, 0.2) is 18.9 Å². The van der Waals surface area contributed by atoms with E-state index in [0.717, 1.165) is 16.7 Å². The van der Waals surface area contributed by atoms with Gasteiger partial charge in [0.25, 0.3) is 0 Å². The van der Waals surface area contributed by atoms with Crippen molar-refractivity contribution in [2.24, 2.45) is 0 Å². The molecule has 0 saturated heterocycles. The molecular weight excluding hydrogens is 564 g/mol. The monoisotopic (exact) mass is 606 g/mol. The Kier molecular flexibility index (Phi) is 8.60. The number of carbonyl (C=O) groups excluding carboxylic acids is 3. The SMILES string of the molecule is CC(C)(C)c1cc(-c2cc(-c3cc(C=O)c(O)c(C(C)(C)C)c3)cc(-c3cc(C=O)c(O)c(C(C)(C)C)c3)c2)cc(C=O)c1O. The van der Waals surface area contributed by atoms with Crippen LogP contribution in [0.3, 0.4) is 0 Å². The minimum atomic E-state index is -0.465. The van der Waals surface area contributed by atoms with Crippen LogP contribution < -0.4 is 0 Å². The molecule has 0 radical (unpaired) electrons. The van der Waals surface area contributed by atoms with Gasteiger partial charge >= 0.3 is 0 Å². The Morgan fingerprint density at radius 1 is 0.378 bits per heavy atom. The number of phenols is 3. The Morgan fingerprint density at radius 3 is 0.756 bits per heavy atom. The summed E-state index contributed by atoms with van der Waals surface area (Å²) in [6.45, 7) is 17.6. The highest BCUT2D eigenvalue weighted by Gasteiger charge is 2.25. The zero-order valence-corrected chi connectivity index (χ0v) is 27.5. The molecular formula is C39H42O6. The number of rotatable bonds is 6. The van der Waals surface area contributed by atoms with Gasteiger partial charge in [0.2, 0.25) is 0 Å². The highest BCUT2D eigenvalue weighted by Crippen LogP contribution is 2.43. The number of phenolic OH excluding ortho intramolecular Hbond substituents is 3. The van der Waals surface area contributed by atoms with E-state index in [4.69, 9.17) is 0 Å². The Balaban J connectivity index is 2.15. The van der Waals surface area contributed by atoms with E-state index in [0.29, 0.717) is 52.2 Å². The summed E-state index contributed by atoms with van der Waals surface area (Å²) in [5.41, 5.74) is 5.19. The molecule has 0 spiro atoms. The zero-order chi connectivity index (χ0) is 33.6. The van der Waals surface area contributed by atoms with Crippen molar-refractivity contribution in [3.8, 4) is 50.6 Å². The van der Waals surface area contributed by atoms with Crippen molar-refractivity contribution in [3.05, 3.63) is 88.0 Å². The maximum atomic E-state index is 12.1. The second-order valence-corrected chi connectivity index (χ2v) is 14.8. The molecule has 4 aromatic rings. The van der Waals surface area contributed by atoms with Crippen LogP contribution in [-0.4, -0.2) is 34.2 Å². The summed E-state index contributed by atoms with van der Waals surface area (Å²) in [5, 5.41) is 32.7. The van der Waals surface area contributed by atoms with Crippen molar-refractivity contribution in [3.63, 3.8) is 0 Å². The van der Waals surface area contributed by atoms with Gasteiger partial charge in [-0.15, -0.1) is 0 Å². The van der Waals surface area contributed by atoms with Crippen LogP contribution in [0.5, 0.6) is 17.2 Å². The standard InChI is InChI=1S/C39H42O6/c1-37(2,3)31-16-25(13-28(19-40)34(31)43)22-10-23(26-14-29(20-41)35(44)32(17-26)38(4,5)6)12-24(11-22)27-15-30(21-42)36(45)33(18-27)39(7,8)9/h10-21,43-45H,1-9H3. The van der Waals surface area contributed by atoms with Gasteiger partial charge in [0.1, 0.15) is 17.2 Å². The largest absolute Gasteiger partial charge is 0.507 e. The molecule has 0 aliphatic carbocycles. The summed E-state index contributed by atoms with van der Waals surface area (Å²) >= 11 is 0. The molecule has 0 bridgehead atoms. The van der Waals surface area contributed by atoms with Crippen molar-refractivity contribution in [2.75, 3.05) is 0 Å². The topological polar surface area (TPSA) is 112 Å². The molecule has 0 heterocycles. The zero-order valence-electron chi connectivity index (χ0n) is 27.5. The number of hydrogen-bond donors (Lipinski definition) is 3. The Hall–Kier alpha value is -4.71. The summed E-state index contributed by atoms with van der Waals surface area (Å²) in [5.74, 6) is -0.193. The first kappa shape index (κ1) is 33.2. The molecule has 0 amide bonds. The van der Waals surface area contributed by atoms with Crippen molar-refractivity contribution in [2.45, 2.75) is 78.6 Å². The smallest absolute Gasteiger partial charge is 0.153 e. The van der Waals surface area contributed by atoms with Crippen LogP contribution in [-0.2, 0) is 16.2 Å². The average Bonchev–Trinajstić information content (AvgIpc) is 2.95. The normalized spacial score (nSPS) is 12.2. The highest BCUT2D eigenvalue weighted by molar-refractivity contribution is 5.90. The lowest BCUT2D eigenvalue weighted by Crippen LogP contribution is -2.13. The predicted molar refractivity (Wildman–Crippen MR) is 180 cm³/mol. The first-order valence-electron chi connectivity index (χ1n) is 14.9. The first-order chi connectivity index (χ1) is 20.8. The number of benzene rings is 4. The quantitative estimate of drug-likeness (QED) is 0.189. The van der Waals surface area contributed by atoms with E-state index >= 15 is 0 Å². The molecule has 234 valence electrons. The lowest BCUT2D eigenvalue weighted by molar-refractivity contribution is 0.111. The third-order valence-corrected chi connectivity index (χ3v) is 8.16. The minimum Gasteiger partial charge on any atom is -0.507 e. The van der Waals surface area contributed by atoms with Crippen LogP contribution in [0.1, 0.15) is 110 Å². The van der Waals surface area contributed by atoms with Gasteiger partial charge in [0.05, 0.1) is 16.7 Å². The van der Waals surface area contributed by atoms with Gasteiger partial charge in [-0.1, -0.05) is 62.3 Å². The van der Waals surface area contributed by atoms with Crippen LogP contribution in [0.4, 0.5) is 0 Å². The summed E-state index contributed by atoms with van der Waals surface area (Å²) in [4.78, 5) is 36.2. The predicted octanol–water partition coefficient (Wildman–Crippen LogP) is 9.13. The van der Waals surface area contributed by atoms with Crippen molar-refractivity contribution >= 4 is 18.9 Å². The van der Waals surface area contributed by atoms with Gasteiger partial charge in [-0.25, -0.2) is 0 Å². The molecule has 4 aromatic carbocycles. The molecule has 4 rings (SSSR count). The molecule has 0 atom stereocenters. The molecule has 0 fully saturated rings. The van der Waals surface area contributed by atoms with E-state index in [-0.39, 0.29) is 33.9 Å². The molecule has 45 heavy (non-hydrogen) atoms. The molecule has 6 heteroatoms. The van der Waals surface area contributed by atoms with Crippen LogP contribution in [0.2, 0.25) is 0 Å². The first-order valence-corrected chi connectivity index (χ1v) is 14.9. The minimum absolute atomic E-state index is 0.0643. The molecule has 0 aliphatic rings. The second-order valence-electron chi connectivity index (χ2n) is 14.8. The summed E-state index contributed by atoms with van der Waals surface area (Å²) < 4.78 is 0. The van der Waals surface area contributed by atoms with Gasteiger partial charge in [-0.2, -0.15) is 0 Å². The van der Waals surface area contributed by atoms with Crippen LogP contribution >= 0.6 is 0 Å². The Bertz CT molecular complexity index is 1600. The summed E-state index contributed by atoms with van der Waals surface area (Å²) in [7, 11) is 0. The summed E-state index contributed by atoms with van der Waals surface area (Å²) in [6, 6.07) is 16.4. The van der Waals surface area contributed by atoms with Gasteiger partial charge < -0.3 is 15.3 Å². The van der Waals surface area contributed by atoms with Gasteiger partial charge in [-0.3, -0.25) is 14.4 Å². The van der Waals surface area contributed by atoms with E-state index in [1.54, 1.807) is 18.2 Å². The molecule has 6 nitrogen and oxygen atoms in total. The highest BCUT2D eigenvalue weighted by atomic mass is 16.3. The van der Waals surface area contributed by atoms with E-state index in [1.165, 1.54) is 0 Å². The van der Waals surface area contributed by atoms with Gasteiger partial charge in [0, 0.05) is 16.7 Å². The molecule has 0 aromatic heterocycles. The van der Waals surface area contributed by atoms with E-state index in [1.807, 2.05) is 98.7 Å². The molecule has 0 aliphatic heterocycles. The average molecular weight is 607 g/mol. The van der Waals surface area contributed by atoms with Crippen LogP contribution in [0.25, 0.3) is 33.4 Å². The fraction of sp³-hybridized carbons (Fsp3) is 0.308. The third kappa shape index (κ3) is 6.56. The number of hydrogen-bond acceptors (Lipinski definition) is 6. The number of aldehydes is 3. The maximum absolute atomic E-state index is 12.1. The molecule has 0 saturated carbocycles. The number of carbonyl (C=O) groups is 3. The maximum Gasteiger partial charge on any atom is 0.153 e. The lowest BCUT2D eigenvalue weighted by Gasteiger charge is -2.24. The molecule has 0 unspecified atom stereocenters. The van der Waals surface area contributed by atoms with E-state index in [9.17, 15) is 29.7 Å². The lowest BCUT2D eigenvalue weighted by atomic mass is 9.81. The van der Waals surface area contributed by atoms with Gasteiger partial charge in [-0.05, 0) is 104 Å². The fourth-order valence-corrected chi connectivity index (χ4v) is 5.58. The van der Waals surface area contributed by atoms with E-state index in [2.05, 4.69) is 0 Å². The van der Waals surface area contributed by atoms with Crippen LogP contribution in [0.15, 0.2) is 54.6 Å². The Labute approximate surface area is 265 Å². The molecule has 3 N–H and O–H groups in total. The fourth-order valence-electron chi connectivity index (χ4n) is 5.58. The van der Waals surface area contributed by atoms with Crippen molar-refractivity contribution < 1.29 is 29.7 Å². The summed E-state index contributed by atoms with van der Waals surface area (Å²) in [6.07, 6.45) is 1.91. The van der Waals surface area contributed by atoms with Crippen LogP contribution in [0, 0.1) is 0 Å².